The number of aromatic nitrogens is 2. The molecule has 1 aliphatic heterocycles. The lowest BCUT2D eigenvalue weighted by Gasteiger charge is -2.27. The fourth-order valence-electron chi connectivity index (χ4n) is 2.01. The van der Waals surface area contributed by atoms with Crippen LogP contribution in [-0.2, 0) is 13.0 Å². The largest absolute Gasteiger partial charge is 0.476 e. The van der Waals surface area contributed by atoms with E-state index in [2.05, 4.69) is 9.97 Å². The lowest BCUT2D eigenvalue weighted by Crippen LogP contribution is -2.36. The van der Waals surface area contributed by atoms with Crippen LogP contribution in [0.2, 0.25) is 0 Å². The molecule has 0 spiro atoms. The third-order valence-electron chi connectivity index (χ3n) is 2.80. The van der Waals surface area contributed by atoms with Gasteiger partial charge in [0.05, 0.1) is 6.61 Å². The monoisotopic (exact) mass is 239 g/mol. The first-order valence-corrected chi connectivity index (χ1v) is 5.30. The van der Waals surface area contributed by atoms with Gasteiger partial charge in [0.2, 0.25) is 0 Å². The van der Waals surface area contributed by atoms with Crippen molar-refractivity contribution in [3.05, 3.63) is 27.4 Å². The molecule has 0 radical (unpaired) electrons. The van der Waals surface area contributed by atoms with E-state index in [1.165, 1.54) is 0 Å². The summed E-state index contributed by atoms with van der Waals surface area (Å²) in [4.78, 5) is 30.2. The fourth-order valence-corrected chi connectivity index (χ4v) is 2.01. The number of aliphatic hydroxyl groups excluding tert-OH is 1. The summed E-state index contributed by atoms with van der Waals surface area (Å²) in [6.45, 7) is 1.58. The number of aliphatic hydroxyl groups is 1. The average Bonchev–Trinajstić information content (AvgIpc) is 2.28. The van der Waals surface area contributed by atoms with Gasteiger partial charge in [0.25, 0.3) is 0 Å². The van der Waals surface area contributed by atoms with E-state index in [-0.39, 0.29) is 12.3 Å². The second kappa shape index (κ2) is 4.64. The number of hydrogen-bond donors (Lipinski definition) is 3. The van der Waals surface area contributed by atoms with Crippen LogP contribution in [-0.4, -0.2) is 50.7 Å². The summed E-state index contributed by atoms with van der Waals surface area (Å²) >= 11 is 0. The number of rotatable bonds is 3. The van der Waals surface area contributed by atoms with Crippen molar-refractivity contribution in [1.82, 2.24) is 14.9 Å². The Morgan fingerprint density at radius 2 is 2.29 bits per heavy atom. The Labute approximate surface area is 96.7 Å². The third kappa shape index (κ3) is 2.34. The molecule has 0 saturated carbocycles. The third-order valence-corrected chi connectivity index (χ3v) is 2.80. The number of fused-ring (bicyclic) bond motifs is 1. The number of aromatic amines is 1. The van der Waals surface area contributed by atoms with Crippen LogP contribution in [0, 0.1) is 0 Å². The predicted molar refractivity (Wildman–Crippen MR) is 57.9 cm³/mol. The van der Waals surface area contributed by atoms with Crippen molar-refractivity contribution in [2.75, 3.05) is 19.7 Å². The van der Waals surface area contributed by atoms with E-state index in [9.17, 15) is 9.59 Å². The molecule has 1 aromatic heterocycles. The maximum atomic E-state index is 11.2. The van der Waals surface area contributed by atoms with Gasteiger partial charge in [-0.3, -0.25) is 4.90 Å². The Kier molecular flexibility index (Phi) is 3.21. The van der Waals surface area contributed by atoms with Crippen LogP contribution < -0.4 is 5.69 Å². The van der Waals surface area contributed by atoms with E-state index >= 15 is 0 Å². The fraction of sp³-hybridized carbons (Fsp3) is 0.500. The number of hydrogen-bond acceptors (Lipinski definition) is 5. The molecule has 0 aromatic carbocycles. The Bertz CT molecular complexity index is 497. The Balaban J connectivity index is 2.41. The highest BCUT2D eigenvalue weighted by molar-refractivity contribution is 5.87. The zero-order chi connectivity index (χ0) is 12.4. The van der Waals surface area contributed by atoms with Crippen LogP contribution in [0.5, 0.6) is 0 Å². The van der Waals surface area contributed by atoms with Gasteiger partial charge in [-0.1, -0.05) is 0 Å². The van der Waals surface area contributed by atoms with Crippen molar-refractivity contribution in [2.24, 2.45) is 0 Å². The topological polar surface area (TPSA) is 107 Å². The van der Waals surface area contributed by atoms with Gasteiger partial charge in [0.1, 0.15) is 0 Å². The van der Waals surface area contributed by atoms with Crippen LogP contribution >= 0.6 is 0 Å². The summed E-state index contributed by atoms with van der Waals surface area (Å²) < 4.78 is 0. The molecule has 0 fully saturated rings. The lowest BCUT2D eigenvalue weighted by molar-refractivity contribution is 0.0685. The lowest BCUT2D eigenvalue weighted by atomic mass is 10.0. The molecular formula is C10H13N3O4. The van der Waals surface area contributed by atoms with Gasteiger partial charge < -0.3 is 15.2 Å². The number of aromatic carboxylic acids is 1. The number of carboxylic acid groups (broad SMARTS) is 1. The molecule has 92 valence electrons. The van der Waals surface area contributed by atoms with Crippen LogP contribution in [0.15, 0.2) is 4.79 Å². The molecule has 0 aliphatic carbocycles. The van der Waals surface area contributed by atoms with Gasteiger partial charge in [-0.05, 0) is 0 Å². The van der Waals surface area contributed by atoms with E-state index in [4.69, 9.17) is 10.2 Å². The summed E-state index contributed by atoms with van der Waals surface area (Å²) in [6.07, 6.45) is 0.563. The van der Waals surface area contributed by atoms with Gasteiger partial charge in [-0.15, -0.1) is 0 Å². The number of β-amino-alcohol motifs (C(OH)–C–C–N with tert-alkyl or cyclic N) is 1. The van der Waals surface area contributed by atoms with Crippen LogP contribution in [0.1, 0.15) is 21.7 Å². The van der Waals surface area contributed by atoms with Gasteiger partial charge >= 0.3 is 11.7 Å². The van der Waals surface area contributed by atoms with Gasteiger partial charge in [-0.25, -0.2) is 9.59 Å². The maximum Gasteiger partial charge on any atom is 0.355 e. The van der Waals surface area contributed by atoms with Crippen LogP contribution in [0.4, 0.5) is 0 Å². The van der Waals surface area contributed by atoms with Gasteiger partial charge in [-0.2, -0.15) is 4.98 Å². The molecule has 0 unspecified atom stereocenters. The molecule has 3 N–H and O–H groups in total. The standard InChI is InChI=1S/C10H13N3O4/c14-4-3-13-2-1-7-6(5-13)8(9(15)16)12-10(17)11-7/h14H,1-5H2,(H,15,16)(H,11,12,17). The van der Waals surface area contributed by atoms with Crippen LogP contribution in [0.3, 0.4) is 0 Å². The van der Waals surface area contributed by atoms with Crippen molar-refractivity contribution < 1.29 is 15.0 Å². The molecule has 1 aromatic rings. The highest BCUT2D eigenvalue weighted by Gasteiger charge is 2.23. The summed E-state index contributed by atoms with van der Waals surface area (Å²) in [7, 11) is 0. The second-order valence-electron chi connectivity index (χ2n) is 3.90. The zero-order valence-electron chi connectivity index (χ0n) is 9.14. The van der Waals surface area contributed by atoms with Crippen molar-refractivity contribution in [3.63, 3.8) is 0 Å². The minimum absolute atomic E-state index is 0.0223. The van der Waals surface area contributed by atoms with Crippen LogP contribution in [0.25, 0.3) is 0 Å². The number of nitrogens with one attached hydrogen (secondary N) is 1. The zero-order valence-corrected chi connectivity index (χ0v) is 9.14. The minimum atomic E-state index is -1.20. The molecule has 0 bridgehead atoms. The molecule has 0 saturated heterocycles. The minimum Gasteiger partial charge on any atom is -0.476 e. The number of H-pyrrole nitrogens is 1. The first kappa shape index (κ1) is 11.7. The molecule has 0 atom stereocenters. The quantitative estimate of drug-likeness (QED) is 0.613. The summed E-state index contributed by atoms with van der Waals surface area (Å²) in [5.41, 5.74) is 0.358. The summed E-state index contributed by atoms with van der Waals surface area (Å²) in [6, 6.07) is 0. The molecule has 1 aliphatic rings. The average molecular weight is 239 g/mol. The number of nitrogens with zero attached hydrogens (tertiary/aromatic N) is 2. The van der Waals surface area contributed by atoms with Gasteiger partial charge in [0.15, 0.2) is 5.69 Å². The van der Waals surface area contributed by atoms with Gasteiger partial charge in [0, 0.05) is 37.3 Å². The van der Waals surface area contributed by atoms with Crippen molar-refractivity contribution in [1.29, 1.82) is 0 Å². The van der Waals surface area contributed by atoms with E-state index < -0.39 is 11.7 Å². The van der Waals surface area contributed by atoms with E-state index in [0.717, 1.165) is 0 Å². The molecule has 2 rings (SSSR count). The Morgan fingerprint density at radius 3 is 2.94 bits per heavy atom. The summed E-state index contributed by atoms with van der Waals surface area (Å²) in [5, 5.41) is 17.9. The molecule has 2 heterocycles. The first-order chi connectivity index (χ1) is 8.11. The normalized spacial score (nSPS) is 15.6. The van der Waals surface area contributed by atoms with Crippen molar-refractivity contribution >= 4 is 5.97 Å². The predicted octanol–water partition coefficient (Wildman–Crippen LogP) is -1.18. The van der Waals surface area contributed by atoms with E-state index in [0.29, 0.717) is 37.3 Å². The molecule has 0 amide bonds. The molecule has 7 nitrogen and oxygen atoms in total. The first-order valence-electron chi connectivity index (χ1n) is 5.30. The second-order valence-corrected chi connectivity index (χ2v) is 3.90. The van der Waals surface area contributed by atoms with E-state index in [1.54, 1.807) is 0 Å². The van der Waals surface area contributed by atoms with E-state index in [1.807, 2.05) is 4.90 Å². The maximum absolute atomic E-state index is 11.2. The smallest absolute Gasteiger partial charge is 0.355 e. The Hall–Kier alpha value is -1.73. The number of carbonyl (C=O) groups is 1. The highest BCUT2D eigenvalue weighted by atomic mass is 16.4. The molecule has 17 heavy (non-hydrogen) atoms. The molecule has 7 heteroatoms. The SMILES string of the molecule is O=C(O)c1nc(=O)[nH]c2c1CN(CCO)CC2. The van der Waals surface area contributed by atoms with Crippen molar-refractivity contribution in [3.8, 4) is 0 Å². The Morgan fingerprint density at radius 1 is 1.53 bits per heavy atom. The van der Waals surface area contributed by atoms with Crippen molar-refractivity contribution in [2.45, 2.75) is 13.0 Å². The molecular weight excluding hydrogens is 226 g/mol. The highest BCUT2D eigenvalue weighted by Crippen LogP contribution is 2.18. The number of carboxylic acids is 1. The summed E-state index contributed by atoms with van der Waals surface area (Å²) in [5.74, 6) is -1.20.